The summed E-state index contributed by atoms with van der Waals surface area (Å²) in [6.07, 6.45) is 10.2. The minimum atomic E-state index is 0.471. The van der Waals surface area contributed by atoms with Gasteiger partial charge in [-0.1, -0.05) is 13.3 Å². The number of nitrogens with two attached hydrogens (primary N) is 1. The Balaban J connectivity index is 1.84. The summed E-state index contributed by atoms with van der Waals surface area (Å²) in [4.78, 5) is 0. The van der Waals surface area contributed by atoms with Crippen LogP contribution in [-0.2, 0) is 4.74 Å². The van der Waals surface area contributed by atoms with Crippen molar-refractivity contribution in [1.82, 2.24) is 0 Å². The van der Waals surface area contributed by atoms with Gasteiger partial charge in [0, 0.05) is 0 Å². The van der Waals surface area contributed by atoms with E-state index in [0.29, 0.717) is 18.1 Å². The van der Waals surface area contributed by atoms with Gasteiger partial charge in [0.05, 0.1) is 12.2 Å². The molecular weight excluding hydrogens is 186 g/mol. The largest absolute Gasteiger partial charge is 0.375 e. The highest BCUT2D eigenvalue weighted by atomic mass is 16.5. The maximum Gasteiger partial charge on any atom is 0.0621 e. The molecule has 0 amide bonds. The van der Waals surface area contributed by atoms with Gasteiger partial charge in [0.1, 0.15) is 0 Å². The molecule has 2 N–H and O–H groups in total. The highest BCUT2D eigenvalue weighted by Gasteiger charge is 2.32. The average molecular weight is 211 g/mol. The van der Waals surface area contributed by atoms with Gasteiger partial charge in [0.25, 0.3) is 0 Å². The lowest BCUT2D eigenvalue weighted by atomic mass is 9.78. The van der Waals surface area contributed by atoms with Crippen LogP contribution in [-0.4, -0.2) is 18.8 Å². The van der Waals surface area contributed by atoms with Crippen molar-refractivity contribution >= 4 is 0 Å². The zero-order chi connectivity index (χ0) is 10.7. The smallest absolute Gasteiger partial charge is 0.0621 e. The van der Waals surface area contributed by atoms with Crippen LogP contribution in [0.4, 0.5) is 0 Å². The Bertz CT molecular complexity index is 189. The molecule has 0 aromatic carbocycles. The van der Waals surface area contributed by atoms with Crippen LogP contribution in [0, 0.1) is 11.8 Å². The summed E-state index contributed by atoms with van der Waals surface area (Å²) in [5, 5.41) is 0. The number of ether oxygens (including phenoxy) is 1. The molecule has 3 atom stereocenters. The van der Waals surface area contributed by atoms with Crippen molar-refractivity contribution in [3.63, 3.8) is 0 Å². The molecule has 0 aromatic rings. The van der Waals surface area contributed by atoms with Gasteiger partial charge in [0.2, 0.25) is 0 Å². The first-order chi connectivity index (χ1) is 7.33. The fraction of sp³-hybridized carbons (Fsp3) is 1.00. The summed E-state index contributed by atoms with van der Waals surface area (Å²) in [6, 6.07) is 0. The van der Waals surface area contributed by atoms with Gasteiger partial charge >= 0.3 is 0 Å². The van der Waals surface area contributed by atoms with Crippen LogP contribution in [0.1, 0.15) is 51.9 Å². The molecule has 2 aliphatic rings. The molecular formula is C13H25NO. The molecule has 2 aliphatic carbocycles. The summed E-state index contributed by atoms with van der Waals surface area (Å²) >= 11 is 0. The van der Waals surface area contributed by atoms with Gasteiger partial charge in [-0.05, 0) is 56.9 Å². The summed E-state index contributed by atoms with van der Waals surface area (Å²) in [7, 11) is 0. The van der Waals surface area contributed by atoms with Crippen LogP contribution >= 0.6 is 0 Å². The number of hydrogen-bond donors (Lipinski definition) is 1. The molecule has 0 aromatic heterocycles. The van der Waals surface area contributed by atoms with E-state index < -0.39 is 0 Å². The minimum absolute atomic E-state index is 0.471. The predicted octanol–water partition coefficient (Wildman–Crippen LogP) is 2.71. The maximum atomic E-state index is 6.18. The highest BCUT2D eigenvalue weighted by molar-refractivity contribution is 4.83. The third kappa shape index (κ3) is 2.73. The molecule has 2 rings (SSSR count). The lowest BCUT2D eigenvalue weighted by Gasteiger charge is -2.39. The second kappa shape index (κ2) is 5.31. The molecule has 0 spiro atoms. The van der Waals surface area contributed by atoms with Crippen molar-refractivity contribution in [2.45, 2.75) is 64.1 Å². The minimum Gasteiger partial charge on any atom is -0.375 e. The Hall–Kier alpha value is -0.0800. The van der Waals surface area contributed by atoms with Crippen LogP contribution in [0.2, 0.25) is 0 Å². The third-order valence-electron chi connectivity index (χ3n) is 4.34. The van der Waals surface area contributed by atoms with E-state index in [1.54, 1.807) is 0 Å². The molecule has 0 saturated heterocycles. The van der Waals surface area contributed by atoms with E-state index in [4.69, 9.17) is 10.5 Å². The van der Waals surface area contributed by atoms with Crippen LogP contribution in [0.15, 0.2) is 0 Å². The maximum absolute atomic E-state index is 6.18. The zero-order valence-electron chi connectivity index (χ0n) is 9.95. The first-order valence-corrected chi connectivity index (χ1v) is 6.69. The Morgan fingerprint density at radius 1 is 1.20 bits per heavy atom. The van der Waals surface area contributed by atoms with E-state index in [1.807, 2.05) is 0 Å². The van der Waals surface area contributed by atoms with Crippen molar-refractivity contribution in [3.05, 3.63) is 0 Å². The first kappa shape index (κ1) is 11.4. The molecule has 2 nitrogen and oxygen atoms in total. The van der Waals surface area contributed by atoms with Gasteiger partial charge in [-0.2, -0.15) is 0 Å². The molecule has 0 radical (unpaired) electrons. The Labute approximate surface area is 93.6 Å². The van der Waals surface area contributed by atoms with E-state index >= 15 is 0 Å². The molecule has 88 valence electrons. The highest BCUT2D eigenvalue weighted by Crippen LogP contribution is 2.35. The monoisotopic (exact) mass is 211 g/mol. The molecule has 2 fully saturated rings. The Morgan fingerprint density at radius 2 is 2.00 bits per heavy atom. The van der Waals surface area contributed by atoms with E-state index in [9.17, 15) is 0 Å². The topological polar surface area (TPSA) is 35.2 Å². The third-order valence-corrected chi connectivity index (χ3v) is 4.34. The van der Waals surface area contributed by atoms with Crippen molar-refractivity contribution in [2.75, 3.05) is 6.54 Å². The Kier molecular flexibility index (Phi) is 4.04. The molecule has 2 heteroatoms. The van der Waals surface area contributed by atoms with E-state index in [2.05, 4.69) is 6.92 Å². The summed E-state index contributed by atoms with van der Waals surface area (Å²) in [5.41, 5.74) is 5.84. The van der Waals surface area contributed by atoms with E-state index in [-0.39, 0.29) is 0 Å². The zero-order valence-corrected chi connectivity index (χ0v) is 9.95. The standard InChI is InChI=1S/C13H25NO/c1-2-10-6-7-11(9-14)13(8-10)15-12-4-3-5-12/h10-13H,2-9,14H2,1H3. The van der Waals surface area contributed by atoms with Gasteiger partial charge in [0.15, 0.2) is 0 Å². The fourth-order valence-corrected chi connectivity index (χ4v) is 2.84. The van der Waals surface area contributed by atoms with Crippen LogP contribution in [0.25, 0.3) is 0 Å². The second-order valence-corrected chi connectivity index (χ2v) is 5.31. The average Bonchev–Trinajstić information content (AvgIpc) is 2.23. The molecule has 2 saturated carbocycles. The van der Waals surface area contributed by atoms with Gasteiger partial charge in [-0.15, -0.1) is 0 Å². The predicted molar refractivity (Wildman–Crippen MR) is 62.7 cm³/mol. The molecule has 0 aliphatic heterocycles. The SMILES string of the molecule is CCC1CCC(CN)C(OC2CCC2)C1. The normalized spacial score (nSPS) is 37.6. The molecule has 3 unspecified atom stereocenters. The summed E-state index contributed by atoms with van der Waals surface area (Å²) in [5.74, 6) is 1.52. The quantitative estimate of drug-likeness (QED) is 0.776. The summed E-state index contributed by atoms with van der Waals surface area (Å²) in [6.45, 7) is 3.11. The first-order valence-electron chi connectivity index (χ1n) is 6.69. The molecule has 0 heterocycles. The molecule has 0 bridgehead atoms. The second-order valence-electron chi connectivity index (χ2n) is 5.31. The summed E-state index contributed by atoms with van der Waals surface area (Å²) < 4.78 is 6.18. The molecule has 15 heavy (non-hydrogen) atoms. The van der Waals surface area contributed by atoms with Crippen molar-refractivity contribution in [3.8, 4) is 0 Å². The van der Waals surface area contributed by atoms with Crippen LogP contribution < -0.4 is 5.73 Å². The van der Waals surface area contributed by atoms with Crippen LogP contribution in [0.5, 0.6) is 0 Å². The number of rotatable bonds is 4. The van der Waals surface area contributed by atoms with E-state index in [1.165, 1.54) is 44.9 Å². The number of hydrogen-bond acceptors (Lipinski definition) is 2. The van der Waals surface area contributed by atoms with Crippen molar-refractivity contribution in [2.24, 2.45) is 17.6 Å². The lowest BCUT2D eigenvalue weighted by molar-refractivity contribution is -0.0962. The van der Waals surface area contributed by atoms with Crippen molar-refractivity contribution in [1.29, 1.82) is 0 Å². The van der Waals surface area contributed by atoms with Gasteiger partial charge < -0.3 is 10.5 Å². The lowest BCUT2D eigenvalue weighted by Crippen LogP contribution is -2.40. The van der Waals surface area contributed by atoms with Crippen molar-refractivity contribution < 1.29 is 4.74 Å². The van der Waals surface area contributed by atoms with Gasteiger partial charge in [-0.25, -0.2) is 0 Å². The van der Waals surface area contributed by atoms with E-state index in [0.717, 1.165) is 12.5 Å². The Morgan fingerprint density at radius 3 is 2.53 bits per heavy atom. The van der Waals surface area contributed by atoms with Gasteiger partial charge in [-0.3, -0.25) is 0 Å². The van der Waals surface area contributed by atoms with Crippen LogP contribution in [0.3, 0.4) is 0 Å². The fourth-order valence-electron chi connectivity index (χ4n) is 2.84.